The molecule has 5 heteroatoms. The molecule has 0 aliphatic rings. The summed E-state index contributed by atoms with van der Waals surface area (Å²) in [7, 11) is 0. The summed E-state index contributed by atoms with van der Waals surface area (Å²) in [6.45, 7) is 0. The van der Waals surface area contributed by atoms with Crippen molar-refractivity contribution in [1.29, 1.82) is 0 Å². The molecule has 19 heavy (non-hydrogen) atoms. The maximum absolute atomic E-state index is 5.84. The van der Waals surface area contributed by atoms with E-state index in [1.165, 1.54) is 4.90 Å². The fourth-order valence-electron chi connectivity index (χ4n) is 1.60. The molecular formula is C14H12BrNOS2. The average molecular weight is 354 g/mol. The minimum Gasteiger partial charge on any atom is -0.457 e. The topological polar surface area (TPSA) is 35.2 Å². The Balaban J connectivity index is 2.32. The van der Waals surface area contributed by atoms with Crippen molar-refractivity contribution in [3.05, 3.63) is 52.5 Å². The smallest absolute Gasteiger partial charge is 0.138 e. The van der Waals surface area contributed by atoms with Gasteiger partial charge in [0.1, 0.15) is 16.5 Å². The predicted octanol–water partition coefficient (Wildman–Crippen LogP) is 4.60. The minimum atomic E-state index is 0.309. The molecule has 0 unspecified atom stereocenters. The lowest BCUT2D eigenvalue weighted by Gasteiger charge is -2.12. The van der Waals surface area contributed by atoms with Crippen LogP contribution in [0.3, 0.4) is 0 Å². The molecule has 0 fully saturated rings. The number of hydrogen-bond donors (Lipinski definition) is 1. The van der Waals surface area contributed by atoms with Crippen molar-refractivity contribution < 1.29 is 4.74 Å². The van der Waals surface area contributed by atoms with Gasteiger partial charge in [-0.3, -0.25) is 0 Å². The lowest BCUT2D eigenvalue weighted by Crippen LogP contribution is -2.11. The van der Waals surface area contributed by atoms with E-state index >= 15 is 0 Å². The molecule has 0 amide bonds. The standard InChI is InChI=1S/C14H12BrNOS2/c1-19-10-7-5-9(6-8-10)17-12-4-2-3-11(15)13(12)14(16)18/h2-8H,1H3,(H2,16,18). The van der Waals surface area contributed by atoms with Crippen molar-refractivity contribution >= 4 is 44.9 Å². The Bertz CT molecular complexity index is 599. The fraction of sp³-hybridized carbons (Fsp3) is 0.0714. The van der Waals surface area contributed by atoms with Crippen LogP contribution in [0.25, 0.3) is 0 Å². The van der Waals surface area contributed by atoms with Gasteiger partial charge in [0.25, 0.3) is 0 Å². The Morgan fingerprint density at radius 2 is 1.89 bits per heavy atom. The van der Waals surface area contributed by atoms with Gasteiger partial charge in [-0.15, -0.1) is 11.8 Å². The molecule has 0 bridgehead atoms. The van der Waals surface area contributed by atoms with Gasteiger partial charge >= 0.3 is 0 Å². The first-order valence-electron chi connectivity index (χ1n) is 5.52. The fourth-order valence-corrected chi connectivity index (χ4v) is 2.91. The molecule has 0 saturated carbocycles. The largest absolute Gasteiger partial charge is 0.457 e. The third kappa shape index (κ3) is 3.49. The molecule has 0 radical (unpaired) electrons. The number of rotatable bonds is 4. The monoisotopic (exact) mass is 353 g/mol. The molecule has 0 aliphatic heterocycles. The summed E-state index contributed by atoms with van der Waals surface area (Å²) in [5, 5.41) is 0. The molecular weight excluding hydrogens is 342 g/mol. The van der Waals surface area contributed by atoms with Crippen molar-refractivity contribution in [2.24, 2.45) is 5.73 Å². The number of nitrogens with two attached hydrogens (primary N) is 1. The summed E-state index contributed by atoms with van der Waals surface area (Å²) < 4.78 is 6.68. The van der Waals surface area contributed by atoms with Crippen LogP contribution in [0.15, 0.2) is 51.8 Å². The molecule has 2 aromatic carbocycles. The molecule has 98 valence electrons. The lowest BCUT2D eigenvalue weighted by atomic mass is 10.2. The maximum atomic E-state index is 5.84. The molecule has 2 aromatic rings. The molecule has 0 saturated heterocycles. The zero-order valence-electron chi connectivity index (χ0n) is 10.2. The lowest BCUT2D eigenvalue weighted by molar-refractivity contribution is 0.481. The van der Waals surface area contributed by atoms with E-state index in [4.69, 9.17) is 22.7 Å². The summed E-state index contributed by atoms with van der Waals surface area (Å²) in [6.07, 6.45) is 2.04. The molecule has 0 aliphatic carbocycles. The second-order valence-electron chi connectivity index (χ2n) is 3.75. The SMILES string of the molecule is CSc1ccc(Oc2cccc(Br)c2C(N)=S)cc1. The van der Waals surface area contributed by atoms with E-state index in [9.17, 15) is 0 Å². The number of halogens is 1. The molecule has 2 nitrogen and oxygen atoms in total. The molecule has 0 heterocycles. The van der Waals surface area contributed by atoms with E-state index in [1.54, 1.807) is 11.8 Å². The Labute approximate surface area is 130 Å². The Morgan fingerprint density at radius 3 is 2.47 bits per heavy atom. The van der Waals surface area contributed by atoms with Crippen LogP contribution in [-0.2, 0) is 0 Å². The summed E-state index contributed by atoms with van der Waals surface area (Å²) in [4.78, 5) is 1.50. The van der Waals surface area contributed by atoms with Gasteiger partial charge in [-0.25, -0.2) is 0 Å². The van der Waals surface area contributed by atoms with Crippen molar-refractivity contribution in [3.8, 4) is 11.5 Å². The van der Waals surface area contributed by atoms with E-state index in [2.05, 4.69) is 15.9 Å². The third-order valence-electron chi connectivity index (χ3n) is 2.51. The number of thioether (sulfide) groups is 1. The molecule has 2 N–H and O–H groups in total. The average Bonchev–Trinajstić information content (AvgIpc) is 2.39. The Morgan fingerprint density at radius 1 is 1.21 bits per heavy atom. The number of hydrogen-bond acceptors (Lipinski definition) is 3. The summed E-state index contributed by atoms with van der Waals surface area (Å²) in [6, 6.07) is 13.5. The second kappa shape index (κ2) is 6.41. The maximum Gasteiger partial charge on any atom is 0.138 e. The van der Waals surface area contributed by atoms with E-state index < -0.39 is 0 Å². The quantitative estimate of drug-likeness (QED) is 0.643. The normalized spacial score (nSPS) is 10.2. The number of benzene rings is 2. The van der Waals surface area contributed by atoms with E-state index in [0.29, 0.717) is 16.3 Å². The van der Waals surface area contributed by atoms with E-state index in [0.717, 1.165) is 10.2 Å². The number of ether oxygens (including phenoxy) is 1. The van der Waals surface area contributed by atoms with Gasteiger partial charge in [-0.2, -0.15) is 0 Å². The molecule has 0 spiro atoms. The van der Waals surface area contributed by atoms with Gasteiger partial charge in [0, 0.05) is 9.37 Å². The predicted molar refractivity (Wildman–Crippen MR) is 88.3 cm³/mol. The zero-order valence-corrected chi connectivity index (χ0v) is 13.4. The van der Waals surface area contributed by atoms with Gasteiger partial charge in [0.2, 0.25) is 0 Å². The van der Waals surface area contributed by atoms with Crippen LogP contribution in [0.5, 0.6) is 11.5 Å². The van der Waals surface area contributed by atoms with Crippen molar-refractivity contribution in [1.82, 2.24) is 0 Å². The Hall–Kier alpha value is -1.04. The summed E-state index contributed by atoms with van der Waals surface area (Å²) in [5.41, 5.74) is 6.45. The summed E-state index contributed by atoms with van der Waals surface area (Å²) in [5.74, 6) is 1.41. The summed E-state index contributed by atoms with van der Waals surface area (Å²) >= 11 is 10.2. The van der Waals surface area contributed by atoms with Crippen LogP contribution in [-0.4, -0.2) is 11.2 Å². The zero-order chi connectivity index (χ0) is 13.8. The first-order chi connectivity index (χ1) is 9.11. The third-order valence-corrected chi connectivity index (χ3v) is 4.12. The van der Waals surface area contributed by atoms with Gasteiger partial charge < -0.3 is 10.5 Å². The Kier molecular flexibility index (Phi) is 4.85. The van der Waals surface area contributed by atoms with Crippen LogP contribution in [0.1, 0.15) is 5.56 Å². The van der Waals surface area contributed by atoms with Crippen molar-refractivity contribution in [2.75, 3.05) is 6.26 Å². The van der Waals surface area contributed by atoms with Gasteiger partial charge in [0.05, 0.1) is 5.56 Å². The second-order valence-corrected chi connectivity index (χ2v) is 5.93. The van der Waals surface area contributed by atoms with Crippen LogP contribution in [0, 0.1) is 0 Å². The molecule has 0 aromatic heterocycles. The van der Waals surface area contributed by atoms with Crippen molar-refractivity contribution in [3.63, 3.8) is 0 Å². The van der Waals surface area contributed by atoms with Gasteiger partial charge in [0.15, 0.2) is 0 Å². The van der Waals surface area contributed by atoms with Crippen molar-refractivity contribution in [2.45, 2.75) is 4.90 Å². The molecule has 0 atom stereocenters. The van der Waals surface area contributed by atoms with Gasteiger partial charge in [-0.05, 0) is 58.6 Å². The van der Waals surface area contributed by atoms with E-state index in [1.807, 2.05) is 48.7 Å². The highest BCUT2D eigenvalue weighted by atomic mass is 79.9. The molecule has 2 rings (SSSR count). The van der Waals surface area contributed by atoms with Crippen LogP contribution < -0.4 is 10.5 Å². The minimum absolute atomic E-state index is 0.309. The highest BCUT2D eigenvalue weighted by molar-refractivity contribution is 9.10. The highest BCUT2D eigenvalue weighted by Gasteiger charge is 2.11. The van der Waals surface area contributed by atoms with Crippen LogP contribution in [0.4, 0.5) is 0 Å². The van der Waals surface area contributed by atoms with Crippen LogP contribution in [0.2, 0.25) is 0 Å². The van der Waals surface area contributed by atoms with Gasteiger partial charge in [-0.1, -0.05) is 18.3 Å². The van der Waals surface area contributed by atoms with Crippen LogP contribution >= 0.6 is 39.9 Å². The highest BCUT2D eigenvalue weighted by Crippen LogP contribution is 2.31. The van der Waals surface area contributed by atoms with E-state index in [-0.39, 0.29) is 0 Å². The first-order valence-corrected chi connectivity index (χ1v) is 7.94. The first kappa shape index (κ1) is 14.4. The number of thiocarbonyl (C=S) groups is 1.